The fraction of sp³-hybridized carbons (Fsp3) is 0.333. The van der Waals surface area contributed by atoms with Crippen molar-refractivity contribution < 1.29 is 13.9 Å². The van der Waals surface area contributed by atoms with E-state index >= 15 is 0 Å². The van der Waals surface area contributed by atoms with Gasteiger partial charge in [0.25, 0.3) is 0 Å². The molecule has 1 unspecified atom stereocenters. The summed E-state index contributed by atoms with van der Waals surface area (Å²) in [6.45, 7) is 2.09. The number of benzene rings is 1. The van der Waals surface area contributed by atoms with E-state index in [1.165, 1.54) is 6.39 Å². The quantitative estimate of drug-likeness (QED) is 0.894. The zero-order chi connectivity index (χ0) is 14.5. The summed E-state index contributed by atoms with van der Waals surface area (Å²) in [6.07, 6.45) is 3.45. The molecule has 1 aromatic carbocycles. The molecule has 0 radical (unpaired) electrons. The molecule has 2 heterocycles. The average molecular weight is 287 g/mol. The van der Waals surface area contributed by atoms with Crippen LogP contribution in [-0.4, -0.2) is 36.7 Å². The number of anilines is 1. The number of nitrogens with one attached hydrogen (secondary N) is 2. The van der Waals surface area contributed by atoms with Crippen molar-refractivity contribution in [2.24, 2.45) is 0 Å². The molecule has 6 nitrogen and oxygen atoms in total. The highest BCUT2D eigenvalue weighted by Crippen LogP contribution is 2.20. The molecule has 1 saturated heterocycles. The van der Waals surface area contributed by atoms with Gasteiger partial charge in [0.15, 0.2) is 12.2 Å². The lowest BCUT2D eigenvalue weighted by Crippen LogP contribution is -2.43. The van der Waals surface area contributed by atoms with Gasteiger partial charge in [-0.1, -0.05) is 0 Å². The lowest BCUT2D eigenvalue weighted by Gasteiger charge is -2.23. The number of oxazole rings is 1. The number of aromatic nitrogens is 1. The molecule has 2 N–H and O–H groups in total. The maximum Gasteiger partial charge on any atom is 0.226 e. The molecule has 2 aromatic rings. The maximum absolute atomic E-state index is 12.0. The van der Waals surface area contributed by atoms with Gasteiger partial charge in [0.2, 0.25) is 5.91 Å². The fourth-order valence-electron chi connectivity index (χ4n) is 2.26. The smallest absolute Gasteiger partial charge is 0.226 e. The molecular formula is C15H17N3O3. The first-order valence-electron chi connectivity index (χ1n) is 6.91. The zero-order valence-electron chi connectivity index (χ0n) is 11.5. The van der Waals surface area contributed by atoms with Crippen LogP contribution in [0.1, 0.15) is 6.42 Å². The summed E-state index contributed by atoms with van der Waals surface area (Å²) in [5.41, 5.74) is 1.69. The second-order valence-electron chi connectivity index (χ2n) is 4.92. The Balaban J connectivity index is 1.56. The number of amides is 1. The monoisotopic (exact) mass is 287 g/mol. The normalized spacial score (nSPS) is 18.4. The van der Waals surface area contributed by atoms with Gasteiger partial charge in [-0.15, -0.1) is 0 Å². The number of carbonyl (C=O) groups is 1. The van der Waals surface area contributed by atoms with Crippen molar-refractivity contribution in [3.63, 3.8) is 0 Å². The third-order valence-electron chi connectivity index (χ3n) is 3.32. The summed E-state index contributed by atoms with van der Waals surface area (Å²) in [5, 5.41) is 6.14. The summed E-state index contributed by atoms with van der Waals surface area (Å²) in [6, 6.07) is 7.56. The van der Waals surface area contributed by atoms with Crippen LogP contribution in [-0.2, 0) is 9.53 Å². The predicted octanol–water partition coefficient (Wildman–Crippen LogP) is 1.66. The Labute approximate surface area is 122 Å². The largest absolute Gasteiger partial charge is 0.444 e. The van der Waals surface area contributed by atoms with Crippen LogP contribution in [0, 0.1) is 0 Å². The van der Waals surface area contributed by atoms with E-state index in [1.54, 1.807) is 6.20 Å². The summed E-state index contributed by atoms with van der Waals surface area (Å²) in [7, 11) is 0. The Hall–Kier alpha value is -2.18. The molecule has 0 bridgehead atoms. The molecule has 3 rings (SSSR count). The van der Waals surface area contributed by atoms with E-state index in [1.807, 2.05) is 24.3 Å². The molecule has 21 heavy (non-hydrogen) atoms. The predicted molar refractivity (Wildman–Crippen MR) is 77.8 cm³/mol. The number of carbonyl (C=O) groups excluding carboxylic acids is 1. The van der Waals surface area contributed by atoms with Crippen LogP contribution in [0.3, 0.4) is 0 Å². The minimum atomic E-state index is -0.0228. The van der Waals surface area contributed by atoms with Gasteiger partial charge >= 0.3 is 0 Å². The van der Waals surface area contributed by atoms with Crippen molar-refractivity contribution in [3.8, 4) is 11.3 Å². The summed E-state index contributed by atoms with van der Waals surface area (Å²) in [4.78, 5) is 15.8. The van der Waals surface area contributed by atoms with Crippen LogP contribution in [0.2, 0.25) is 0 Å². The number of hydrogen-bond acceptors (Lipinski definition) is 5. The minimum absolute atomic E-state index is 0.0228. The van der Waals surface area contributed by atoms with Crippen LogP contribution in [0.5, 0.6) is 0 Å². The topological polar surface area (TPSA) is 76.4 Å². The third-order valence-corrected chi connectivity index (χ3v) is 3.32. The molecular weight excluding hydrogens is 270 g/mol. The third kappa shape index (κ3) is 3.68. The molecule has 6 heteroatoms. The van der Waals surface area contributed by atoms with Crippen LogP contribution in [0.25, 0.3) is 11.3 Å². The van der Waals surface area contributed by atoms with Crippen molar-refractivity contribution in [1.29, 1.82) is 0 Å². The van der Waals surface area contributed by atoms with Crippen LogP contribution < -0.4 is 10.6 Å². The molecule has 1 aliphatic heterocycles. The zero-order valence-corrected chi connectivity index (χ0v) is 11.5. The Kier molecular flexibility index (Phi) is 4.28. The van der Waals surface area contributed by atoms with Crippen molar-refractivity contribution in [1.82, 2.24) is 10.3 Å². The number of morpholine rings is 1. The standard InChI is InChI=1S/C15H17N3O3/c19-15(7-13-9-20-6-5-17-13)18-12-3-1-11(2-4-12)14-8-16-10-21-14/h1-4,8,10,13,17H,5-7,9H2,(H,18,19). The first-order valence-corrected chi connectivity index (χ1v) is 6.91. The van der Waals surface area contributed by atoms with Crippen LogP contribution >= 0.6 is 0 Å². The van der Waals surface area contributed by atoms with E-state index < -0.39 is 0 Å². The fourth-order valence-corrected chi connectivity index (χ4v) is 2.26. The van der Waals surface area contributed by atoms with Gasteiger partial charge in [-0.25, -0.2) is 4.98 Å². The molecule has 0 aliphatic carbocycles. The second-order valence-corrected chi connectivity index (χ2v) is 4.92. The maximum atomic E-state index is 12.0. The highest BCUT2D eigenvalue weighted by molar-refractivity contribution is 5.91. The highest BCUT2D eigenvalue weighted by Gasteiger charge is 2.16. The van der Waals surface area contributed by atoms with Gasteiger partial charge in [-0.3, -0.25) is 4.79 Å². The number of ether oxygens (including phenoxy) is 1. The minimum Gasteiger partial charge on any atom is -0.444 e. The lowest BCUT2D eigenvalue weighted by atomic mass is 10.1. The molecule has 1 aliphatic rings. The van der Waals surface area contributed by atoms with Crippen LogP contribution in [0.4, 0.5) is 5.69 Å². The molecule has 1 fully saturated rings. The van der Waals surface area contributed by atoms with E-state index in [9.17, 15) is 4.79 Å². The van der Waals surface area contributed by atoms with E-state index in [2.05, 4.69) is 15.6 Å². The van der Waals surface area contributed by atoms with Crippen molar-refractivity contribution in [3.05, 3.63) is 36.9 Å². The molecule has 0 saturated carbocycles. The van der Waals surface area contributed by atoms with Gasteiger partial charge in [0.05, 0.1) is 19.4 Å². The highest BCUT2D eigenvalue weighted by atomic mass is 16.5. The van der Waals surface area contributed by atoms with Gasteiger partial charge in [0, 0.05) is 30.3 Å². The number of hydrogen-bond donors (Lipinski definition) is 2. The number of nitrogens with zero attached hydrogens (tertiary/aromatic N) is 1. The summed E-state index contributed by atoms with van der Waals surface area (Å²) in [5.74, 6) is 0.682. The Morgan fingerprint density at radius 2 is 2.24 bits per heavy atom. The van der Waals surface area contributed by atoms with Gasteiger partial charge in [-0.2, -0.15) is 0 Å². The average Bonchev–Trinajstić information content (AvgIpc) is 3.03. The van der Waals surface area contributed by atoms with Gasteiger partial charge in [-0.05, 0) is 24.3 Å². The van der Waals surface area contributed by atoms with Gasteiger partial charge in [0.1, 0.15) is 0 Å². The summed E-state index contributed by atoms with van der Waals surface area (Å²) < 4.78 is 10.6. The van der Waals surface area contributed by atoms with E-state index in [-0.39, 0.29) is 11.9 Å². The Morgan fingerprint density at radius 3 is 2.90 bits per heavy atom. The van der Waals surface area contributed by atoms with Crippen molar-refractivity contribution in [2.75, 3.05) is 25.1 Å². The van der Waals surface area contributed by atoms with E-state index in [0.717, 1.165) is 17.8 Å². The molecule has 0 spiro atoms. The SMILES string of the molecule is O=C(CC1COCCN1)Nc1ccc(-c2cnco2)cc1. The van der Waals surface area contributed by atoms with E-state index in [4.69, 9.17) is 9.15 Å². The second kappa shape index (κ2) is 6.51. The van der Waals surface area contributed by atoms with Crippen molar-refractivity contribution >= 4 is 11.6 Å². The number of rotatable bonds is 4. The van der Waals surface area contributed by atoms with Crippen molar-refractivity contribution in [2.45, 2.75) is 12.5 Å². The molecule has 1 amide bonds. The molecule has 110 valence electrons. The summed E-state index contributed by atoms with van der Waals surface area (Å²) >= 11 is 0. The van der Waals surface area contributed by atoms with Crippen LogP contribution in [0.15, 0.2) is 41.3 Å². The lowest BCUT2D eigenvalue weighted by molar-refractivity contribution is -0.117. The first kappa shape index (κ1) is 13.8. The van der Waals surface area contributed by atoms with E-state index in [0.29, 0.717) is 25.4 Å². The molecule has 1 atom stereocenters. The Morgan fingerprint density at radius 1 is 1.38 bits per heavy atom. The molecule has 1 aromatic heterocycles. The Bertz CT molecular complexity index is 575. The van der Waals surface area contributed by atoms with Gasteiger partial charge < -0.3 is 19.8 Å². The first-order chi connectivity index (χ1) is 10.3.